The second kappa shape index (κ2) is 12.3. The highest BCUT2D eigenvalue weighted by Crippen LogP contribution is 2.51. The van der Waals surface area contributed by atoms with Crippen LogP contribution in [-0.2, 0) is 5.41 Å². The number of nitrogens with zero attached hydrogens (tertiary/aromatic N) is 1. The second-order valence-corrected chi connectivity index (χ2v) is 16.4. The van der Waals surface area contributed by atoms with Crippen molar-refractivity contribution in [3.63, 3.8) is 0 Å². The van der Waals surface area contributed by atoms with Gasteiger partial charge in [-0.25, -0.2) is 0 Å². The Morgan fingerprint density at radius 2 is 1.04 bits per heavy atom. The lowest BCUT2D eigenvalue weighted by Crippen LogP contribution is -2.16. The predicted octanol–water partition coefficient (Wildman–Crippen LogP) is 15.5. The first-order chi connectivity index (χ1) is 27.0. The standard InChI is InChI=1S/C53H37NS/c1-53(2)49-16-7-5-14-44(49)45-29-27-43(33-50(45)53)54(42-13-9-12-38(31-42)39-20-18-34-10-3-4-11-37(34)30-39)41-25-22-35(23-26-41)40-21-19-36-24-28-47-46-15-6-8-17-51(46)55-52(47)48(36)32-40/h3-33H,1-2H3. The van der Waals surface area contributed by atoms with E-state index in [4.69, 9.17) is 0 Å². The molecule has 0 radical (unpaired) electrons. The molecule has 0 amide bonds. The number of hydrogen-bond donors (Lipinski definition) is 0. The van der Waals surface area contributed by atoms with Crippen LogP contribution in [0.4, 0.5) is 17.1 Å². The van der Waals surface area contributed by atoms with Crippen LogP contribution in [0.3, 0.4) is 0 Å². The van der Waals surface area contributed by atoms with Crippen LogP contribution >= 0.6 is 11.3 Å². The molecule has 1 aliphatic carbocycles. The average Bonchev–Trinajstić information content (AvgIpc) is 3.73. The lowest BCUT2D eigenvalue weighted by atomic mass is 9.82. The molecule has 0 aliphatic heterocycles. The topological polar surface area (TPSA) is 3.24 Å². The Morgan fingerprint density at radius 3 is 1.93 bits per heavy atom. The number of fused-ring (bicyclic) bond motifs is 9. The molecule has 2 heteroatoms. The van der Waals surface area contributed by atoms with E-state index in [1.807, 2.05) is 11.3 Å². The summed E-state index contributed by atoms with van der Waals surface area (Å²) >= 11 is 1.89. The highest BCUT2D eigenvalue weighted by molar-refractivity contribution is 7.26. The van der Waals surface area contributed by atoms with Crippen molar-refractivity contribution in [2.75, 3.05) is 4.90 Å². The van der Waals surface area contributed by atoms with Crippen molar-refractivity contribution < 1.29 is 0 Å². The van der Waals surface area contributed by atoms with Crippen molar-refractivity contribution in [1.82, 2.24) is 0 Å². The Hall–Kier alpha value is -6.48. The molecule has 0 saturated heterocycles. The summed E-state index contributed by atoms with van der Waals surface area (Å²) in [4.78, 5) is 2.43. The lowest BCUT2D eigenvalue weighted by Gasteiger charge is -2.28. The van der Waals surface area contributed by atoms with Gasteiger partial charge in [0.05, 0.1) is 0 Å². The molecule has 0 bridgehead atoms. The van der Waals surface area contributed by atoms with Gasteiger partial charge in [-0.1, -0.05) is 147 Å². The third-order valence-electron chi connectivity index (χ3n) is 11.8. The van der Waals surface area contributed by atoms with E-state index in [0.717, 1.165) is 17.1 Å². The number of benzene rings is 9. The maximum absolute atomic E-state index is 2.43. The van der Waals surface area contributed by atoms with Crippen molar-refractivity contribution in [1.29, 1.82) is 0 Å². The molecule has 0 N–H and O–H groups in total. The van der Waals surface area contributed by atoms with Gasteiger partial charge < -0.3 is 4.90 Å². The fraction of sp³-hybridized carbons (Fsp3) is 0.0566. The fourth-order valence-electron chi connectivity index (χ4n) is 8.96. The van der Waals surface area contributed by atoms with Crippen LogP contribution < -0.4 is 4.90 Å². The van der Waals surface area contributed by atoms with Gasteiger partial charge in [0.25, 0.3) is 0 Å². The van der Waals surface area contributed by atoms with Gasteiger partial charge in [-0.3, -0.25) is 0 Å². The molecule has 1 nitrogen and oxygen atoms in total. The first-order valence-electron chi connectivity index (χ1n) is 19.1. The zero-order valence-electron chi connectivity index (χ0n) is 30.8. The van der Waals surface area contributed by atoms with E-state index in [9.17, 15) is 0 Å². The Bertz CT molecular complexity index is 3130. The van der Waals surface area contributed by atoms with Crippen molar-refractivity contribution >= 4 is 70.1 Å². The number of thiophene rings is 1. The minimum atomic E-state index is -0.0969. The third kappa shape index (κ3) is 5.13. The largest absolute Gasteiger partial charge is 0.310 e. The second-order valence-electron chi connectivity index (χ2n) is 15.4. The number of rotatable bonds is 5. The molecule has 0 saturated carbocycles. The third-order valence-corrected chi connectivity index (χ3v) is 13.1. The highest BCUT2D eigenvalue weighted by Gasteiger charge is 2.35. The summed E-state index contributed by atoms with van der Waals surface area (Å²) in [6, 6.07) is 69.7. The Balaban J connectivity index is 1.03. The van der Waals surface area contributed by atoms with Crippen molar-refractivity contribution in [2.24, 2.45) is 0 Å². The SMILES string of the molecule is CC1(C)c2ccccc2-c2ccc(N(c3ccc(-c4ccc5ccc6c7ccccc7sc6c5c4)cc3)c3cccc(-c4ccc5ccccc5c4)c3)cc21. The van der Waals surface area contributed by atoms with E-state index < -0.39 is 0 Å². The summed E-state index contributed by atoms with van der Waals surface area (Å²) in [5.74, 6) is 0. The van der Waals surface area contributed by atoms with Gasteiger partial charge >= 0.3 is 0 Å². The van der Waals surface area contributed by atoms with Crippen LogP contribution in [0.5, 0.6) is 0 Å². The molecular weight excluding hydrogens is 683 g/mol. The van der Waals surface area contributed by atoms with Crippen LogP contribution in [-0.4, -0.2) is 0 Å². The molecule has 0 fully saturated rings. The molecule has 0 spiro atoms. The molecule has 11 rings (SSSR count). The van der Waals surface area contributed by atoms with E-state index in [0.29, 0.717) is 0 Å². The summed E-state index contributed by atoms with van der Waals surface area (Å²) in [7, 11) is 0. The first kappa shape index (κ1) is 32.0. The van der Waals surface area contributed by atoms with E-state index in [-0.39, 0.29) is 5.41 Å². The molecule has 9 aromatic carbocycles. The van der Waals surface area contributed by atoms with Gasteiger partial charge in [-0.2, -0.15) is 0 Å². The van der Waals surface area contributed by atoms with E-state index in [2.05, 4.69) is 207 Å². The summed E-state index contributed by atoms with van der Waals surface area (Å²) < 4.78 is 2.69. The summed E-state index contributed by atoms with van der Waals surface area (Å²) in [5.41, 5.74) is 13.6. The average molecular weight is 720 g/mol. The van der Waals surface area contributed by atoms with Gasteiger partial charge in [0.15, 0.2) is 0 Å². The normalized spacial score (nSPS) is 13.1. The van der Waals surface area contributed by atoms with E-state index in [1.54, 1.807) is 0 Å². The van der Waals surface area contributed by atoms with Crippen molar-refractivity contribution in [3.8, 4) is 33.4 Å². The minimum Gasteiger partial charge on any atom is -0.310 e. The highest BCUT2D eigenvalue weighted by atomic mass is 32.1. The summed E-state index contributed by atoms with van der Waals surface area (Å²) in [6.45, 7) is 4.72. The molecular formula is C53H37NS. The van der Waals surface area contributed by atoms with Gasteiger partial charge in [0.1, 0.15) is 0 Å². The fourth-order valence-corrected chi connectivity index (χ4v) is 10.2. The minimum absolute atomic E-state index is 0.0969. The molecule has 1 heterocycles. The van der Waals surface area contributed by atoms with Crippen LogP contribution in [0.15, 0.2) is 188 Å². The number of hydrogen-bond acceptors (Lipinski definition) is 2. The zero-order valence-corrected chi connectivity index (χ0v) is 31.6. The summed E-state index contributed by atoms with van der Waals surface area (Å²) in [5, 5.41) is 7.77. The molecule has 0 unspecified atom stereocenters. The van der Waals surface area contributed by atoms with Gasteiger partial charge in [0, 0.05) is 48.0 Å². The Labute approximate surface area is 325 Å². The van der Waals surface area contributed by atoms with Crippen LogP contribution in [0, 0.1) is 0 Å². The predicted molar refractivity (Wildman–Crippen MR) is 237 cm³/mol. The van der Waals surface area contributed by atoms with Crippen molar-refractivity contribution in [3.05, 3.63) is 199 Å². The maximum atomic E-state index is 2.43. The molecule has 10 aromatic rings. The van der Waals surface area contributed by atoms with E-state index >= 15 is 0 Å². The van der Waals surface area contributed by atoms with E-state index in [1.165, 1.54) is 86.2 Å². The van der Waals surface area contributed by atoms with Gasteiger partial charge in [0.2, 0.25) is 0 Å². The number of anilines is 3. The van der Waals surface area contributed by atoms with Gasteiger partial charge in [-0.15, -0.1) is 11.3 Å². The zero-order chi connectivity index (χ0) is 36.7. The molecule has 55 heavy (non-hydrogen) atoms. The van der Waals surface area contributed by atoms with Crippen LogP contribution in [0.2, 0.25) is 0 Å². The molecule has 0 atom stereocenters. The first-order valence-corrected chi connectivity index (χ1v) is 19.9. The quantitative estimate of drug-likeness (QED) is 0.171. The van der Waals surface area contributed by atoms with Crippen LogP contribution in [0.25, 0.3) is 75.1 Å². The van der Waals surface area contributed by atoms with Crippen LogP contribution in [0.1, 0.15) is 25.0 Å². The molecule has 1 aliphatic rings. The monoisotopic (exact) mass is 719 g/mol. The Kier molecular flexibility index (Phi) is 7.14. The smallest absolute Gasteiger partial charge is 0.0467 e. The maximum Gasteiger partial charge on any atom is 0.0467 e. The van der Waals surface area contributed by atoms with Gasteiger partial charge in [-0.05, 0) is 115 Å². The van der Waals surface area contributed by atoms with Crippen molar-refractivity contribution in [2.45, 2.75) is 19.3 Å². The lowest BCUT2D eigenvalue weighted by molar-refractivity contribution is 0.660. The molecule has 260 valence electrons. The Morgan fingerprint density at radius 1 is 0.382 bits per heavy atom. The molecule has 1 aromatic heterocycles. The summed E-state index contributed by atoms with van der Waals surface area (Å²) in [6.07, 6.45) is 0.